The SMILES string of the molecule is CC1OCCO1.CCCOC(C)OC. The molecule has 86 valence electrons. The van der Waals surface area contributed by atoms with E-state index in [2.05, 4.69) is 6.92 Å². The van der Waals surface area contributed by atoms with Gasteiger partial charge < -0.3 is 18.9 Å². The lowest BCUT2D eigenvalue weighted by Crippen LogP contribution is -2.10. The monoisotopic (exact) mass is 206 g/mol. The smallest absolute Gasteiger partial charge is 0.155 e. The highest BCUT2D eigenvalue weighted by Gasteiger charge is 2.07. The van der Waals surface area contributed by atoms with Gasteiger partial charge in [0.15, 0.2) is 12.6 Å². The van der Waals surface area contributed by atoms with Crippen LogP contribution >= 0.6 is 0 Å². The van der Waals surface area contributed by atoms with E-state index in [1.165, 1.54) is 0 Å². The van der Waals surface area contributed by atoms with Crippen LogP contribution in [-0.2, 0) is 18.9 Å². The fourth-order valence-electron chi connectivity index (χ4n) is 0.828. The van der Waals surface area contributed by atoms with Crippen molar-refractivity contribution in [2.24, 2.45) is 0 Å². The van der Waals surface area contributed by atoms with Crippen LogP contribution in [0.1, 0.15) is 27.2 Å². The van der Waals surface area contributed by atoms with Crippen molar-refractivity contribution in [1.82, 2.24) is 0 Å². The molecule has 1 atom stereocenters. The summed E-state index contributed by atoms with van der Waals surface area (Å²) in [5.41, 5.74) is 0. The van der Waals surface area contributed by atoms with Crippen molar-refractivity contribution in [3.63, 3.8) is 0 Å². The number of hydrogen-bond donors (Lipinski definition) is 0. The summed E-state index contributed by atoms with van der Waals surface area (Å²) in [7, 11) is 1.64. The van der Waals surface area contributed by atoms with E-state index in [-0.39, 0.29) is 12.6 Å². The quantitative estimate of drug-likeness (QED) is 0.657. The Morgan fingerprint density at radius 1 is 1.36 bits per heavy atom. The molecule has 0 radical (unpaired) electrons. The second-order valence-electron chi connectivity index (χ2n) is 2.98. The molecule has 0 aliphatic carbocycles. The van der Waals surface area contributed by atoms with Gasteiger partial charge in [-0.15, -0.1) is 0 Å². The first kappa shape index (κ1) is 13.8. The fourth-order valence-corrected chi connectivity index (χ4v) is 0.828. The highest BCUT2D eigenvalue weighted by atomic mass is 16.7. The lowest BCUT2D eigenvalue weighted by molar-refractivity contribution is -0.110. The van der Waals surface area contributed by atoms with Crippen LogP contribution in [0.25, 0.3) is 0 Å². The summed E-state index contributed by atoms with van der Waals surface area (Å²) in [6.45, 7) is 8.17. The molecule has 0 aromatic carbocycles. The second-order valence-corrected chi connectivity index (χ2v) is 2.98. The van der Waals surface area contributed by atoms with E-state index in [1.54, 1.807) is 7.11 Å². The number of rotatable bonds is 4. The molecule has 0 N–H and O–H groups in total. The van der Waals surface area contributed by atoms with Gasteiger partial charge >= 0.3 is 0 Å². The van der Waals surface area contributed by atoms with E-state index in [0.29, 0.717) is 0 Å². The molecular weight excluding hydrogens is 184 g/mol. The molecule has 0 aromatic rings. The van der Waals surface area contributed by atoms with Crippen molar-refractivity contribution < 1.29 is 18.9 Å². The Balaban J connectivity index is 0.000000249. The predicted octanol–water partition coefficient (Wildman–Crippen LogP) is 1.78. The van der Waals surface area contributed by atoms with Crippen LogP contribution in [-0.4, -0.2) is 39.5 Å². The topological polar surface area (TPSA) is 36.9 Å². The molecule has 1 rings (SSSR count). The number of hydrogen-bond acceptors (Lipinski definition) is 4. The lowest BCUT2D eigenvalue weighted by Gasteiger charge is -2.08. The van der Waals surface area contributed by atoms with Gasteiger partial charge in [0.25, 0.3) is 0 Å². The van der Waals surface area contributed by atoms with Gasteiger partial charge in [-0.3, -0.25) is 0 Å². The third kappa shape index (κ3) is 8.44. The summed E-state index contributed by atoms with van der Waals surface area (Å²) in [4.78, 5) is 0. The number of ether oxygens (including phenoxy) is 4. The summed E-state index contributed by atoms with van der Waals surface area (Å²) in [6, 6.07) is 0. The zero-order chi connectivity index (χ0) is 10.8. The standard InChI is InChI=1S/C6H14O2.C4H8O2/c1-4-5-8-6(2)7-3;1-4-5-2-3-6-4/h6H,4-5H2,1-3H3;4H,2-3H2,1H3. The van der Waals surface area contributed by atoms with Gasteiger partial charge in [0.2, 0.25) is 0 Å². The van der Waals surface area contributed by atoms with Crippen LogP contribution < -0.4 is 0 Å². The molecular formula is C10H22O4. The van der Waals surface area contributed by atoms with Crippen molar-refractivity contribution in [1.29, 1.82) is 0 Å². The first-order chi connectivity index (χ1) is 6.70. The van der Waals surface area contributed by atoms with E-state index >= 15 is 0 Å². The summed E-state index contributed by atoms with van der Waals surface area (Å²) >= 11 is 0. The van der Waals surface area contributed by atoms with Gasteiger partial charge in [-0.25, -0.2) is 0 Å². The molecule has 1 aliphatic heterocycles. The zero-order valence-corrected chi connectivity index (χ0v) is 9.62. The largest absolute Gasteiger partial charge is 0.356 e. The van der Waals surface area contributed by atoms with E-state index in [0.717, 1.165) is 26.2 Å². The van der Waals surface area contributed by atoms with Gasteiger partial charge in [-0.1, -0.05) is 6.92 Å². The maximum Gasteiger partial charge on any atom is 0.155 e. The van der Waals surface area contributed by atoms with Crippen LogP contribution in [0.15, 0.2) is 0 Å². The molecule has 1 heterocycles. The van der Waals surface area contributed by atoms with E-state index in [9.17, 15) is 0 Å². The average Bonchev–Trinajstić information content (AvgIpc) is 2.66. The first-order valence-corrected chi connectivity index (χ1v) is 5.08. The first-order valence-electron chi connectivity index (χ1n) is 5.08. The zero-order valence-electron chi connectivity index (χ0n) is 9.62. The lowest BCUT2D eigenvalue weighted by atomic mass is 10.5. The molecule has 1 fully saturated rings. The van der Waals surface area contributed by atoms with Crippen LogP contribution in [0, 0.1) is 0 Å². The molecule has 14 heavy (non-hydrogen) atoms. The summed E-state index contributed by atoms with van der Waals surface area (Å²) < 4.78 is 19.8. The molecule has 0 amide bonds. The third-order valence-corrected chi connectivity index (χ3v) is 1.68. The van der Waals surface area contributed by atoms with Crippen molar-refractivity contribution in [3.8, 4) is 0 Å². The van der Waals surface area contributed by atoms with Crippen molar-refractivity contribution in [2.45, 2.75) is 39.8 Å². The summed E-state index contributed by atoms with van der Waals surface area (Å²) in [5, 5.41) is 0. The van der Waals surface area contributed by atoms with Gasteiger partial charge in [-0.2, -0.15) is 0 Å². The molecule has 0 bridgehead atoms. The predicted molar refractivity (Wildman–Crippen MR) is 54.1 cm³/mol. The number of methoxy groups -OCH3 is 1. The molecule has 1 saturated heterocycles. The Morgan fingerprint density at radius 3 is 2.21 bits per heavy atom. The minimum atomic E-state index is -0.0463. The third-order valence-electron chi connectivity index (χ3n) is 1.68. The summed E-state index contributed by atoms with van der Waals surface area (Å²) in [6.07, 6.45) is 1.05. The van der Waals surface area contributed by atoms with Crippen LogP contribution in [0.2, 0.25) is 0 Å². The Hall–Kier alpha value is -0.160. The molecule has 0 spiro atoms. The van der Waals surface area contributed by atoms with Gasteiger partial charge in [0, 0.05) is 13.7 Å². The van der Waals surface area contributed by atoms with E-state index < -0.39 is 0 Å². The average molecular weight is 206 g/mol. The fraction of sp³-hybridized carbons (Fsp3) is 1.00. The highest BCUT2D eigenvalue weighted by molar-refractivity contribution is 4.40. The summed E-state index contributed by atoms with van der Waals surface area (Å²) in [5.74, 6) is 0. The van der Waals surface area contributed by atoms with Gasteiger partial charge in [0.1, 0.15) is 0 Å². The minimum absolute atomic E-state index is 0.0463. The van der Waals surface area contributed by atoms with Gasteiger partial charge in [0.05, 0.1) is 13.2 Å². The molecule has 0 saturated carbocycles. The minimum Gasteiger partial charge on any atom is -0.356 e. The van der Waals surface area contributed by atoms with Gasteiger partial charge in [-0.05, 0) is 20.3 Å². The van der Waals surface area contributed by atoms with E-state index in [4.69, 9.17) is 18.9 Å². The second kappa shape index (κ2) is 9.40. The maximum atomic E-state index is 5.12. The van der Waals surface area contributed by atoms with Crippen LogP contribution in [0.3, 0.4) is 0 Å². The highest BCUT2D eigenvalue weighted by Crippen LogP contribution is 1.99. The Morgan fingerprint density at radius 2 is 1.93 bits per heavy atom. The molecule has 1 unspecified atom stereocenters. The Kier molecular flexibility index (Phi) is 9.29. The Bertz CT molecular complexity index is 113. The molecule has 1 aliphatic rings. The van der Waals surface area contributed by atoms with Crippen molar-refractivity contribution >= 4 is 0 Å². The Labute approximate surface area is 86.5 Å². The van der Waals surface area contributed by atoms with Crippen molar-refractivity contribution in [2.75, 3.05) is 26.9 Å². The normalized spacial score (nSPS) is 18.9. The molecule has 4 nitrogen and oxygen atoms in total. The maximum absolute atomic E-state index is 5.12. The molecule has 4 heteroatoms. The van der Waals surface area contributed by atoms with Crippen molar-refractivity contribution in [3.05, 3.63) is 0 Å². The molecule has 0 aromatic heterocycles. The van der Waals surface area contributed by atoms with Crippen LogP contribution in [0.5, 0.6) is 0 Å². The van der Waals surface area contributed by atoms with E-state index in [1.807, 2.05) is 13.8 Å². The van der Waals surface area contributed by atoms with Crippen LogP contribution in [0.4, 0.5) is 0 Å².